The molecular formula is C12H20ClN3. The van der Waals surface area contributed by atoms with E-state index in [0.29, 0.717) is 5.88 Å². The van der Waals surface area contributed by atoms with E-state index >= 15 is 0 Å². The fourth-order valence-corrected chi connectivity index (χ4v) is 3.14. The smallest absolute Gasteiger partial charge is 0.147 e. The average Bonchev–Trinajstić information content (AvgIpc) is 2.95. The third-order valence-electron chi connectivity index (χ3n) is 3.97. The van der Waals surface area contributed by atoms with Gasteiger partial charge < -0.3 is 4.57 Å². The SMILES string of the molecule is CCn1c(CCl)nnc1C1(CC)CCCC1. The van der Waals surface area contributed by atoms with Gasteiger partial charge in [0.25, 0.3) is 0 Å². The van der Waals surface area contributed by atoms with Crippen LogP contribution in [0.25, 0.3) is 0 Å². The van der Waals surface area contributed by atoms with Crippen molar-refractivity contribution in [2.24, 2.45) is 0 Å². The van der Waals surface area contributed by atoms with Crippen LogP contribution in [0.15, 0.2) is 0 Å². The lowest BCUT2D eigenvalue weighted by Gasteiger charge is -2.26. The molecule has 2 rings (SSSR count). The molecule has 0 N–H and O–H groups in total. The zero-order chi connectivity index (χ0) is 11.6. The van der Waals surface area contributed by atoms with Gasteiger partial charge in [-0.15, -0.1) is 21.8 Å². The third-order valence-corrected chi connectivity index (χ3v) is 4.21. The molecule has 0 aromatic carbocycles. The maximum Gasteiger partial charge on any atom is 0.147 e. The van der Waals surface area contributed by atoms with E-state index < -0.39 is 0 Å². The summed E-state index contributed by atoms with van der Waals surface area (Å²) in [4.78, 5) is 0. The summed E-state index contributed by atoms with van der Waals surface area (Å²) in [6.07, 6.45) is 6.31. The predicted molar refractivity (Wildman–Crippen MR) is 65.7 cm³/mol. The van der Waals surface area contributed by atoms with Gasteiger partial charge >= 0.3 is 0 Å². The summed E-state index contributed by atoms with van der Waals surface area (Å²) >= 11 is 5.90. The minimum absolute atomic E-state index is 0.271. The van der Waals surface area contributed by atoms with Gasteiger partial charge in [-0.1, -0.05) is 19.8 Å². The number of nitrogens with zero attached hydrogens (tertiary/aromatic N) is 3. The molecule has 0 saturated heterocycles. The van der Waals surface area contributed by atoms with Crippen molar-refractivity contribution in [2.45, 2.75) is 63.8 Å². The molecule has 1 heterocycles. The molecule has 4 heteroatoms. The molecule has 16 heavy (non-hydrogen) atoms. The van der Waals surface area contributed by atoms with Gasteiger partial charge in [0.1, 0.15) is 11.6 Å². The van der Waals surface area contributed by atoms with Crippen LogP contribution in [0, 0.1) is 0 Å². The van der Waals surface area contributed by atoms with Crippen molar-refractivity contribution < 1.29 is 0 Å². The second-order valence-corrected chi connectivity index (χ2v) is 4.93. The first kappa shape index (κ1) is 11.9. The summed E-state index contributed by atoms with van der Waals surface area (Å²) in [6, 6.07) is 0. The highest BCUT2D eigenvalue weighted by Crippen LogP contribution is 2.42. The highest BCUT2D eigenvalue weighted by molar-refractivity contribution is 6.16. The first-order valence-corrected chi connectivity index (χ1v) is 6.79. The third kappa shape index (κ3) is 1.75. The molecule has 3 nitrogen and oxygen atoms in total. The first-order valence-electron chi connectivity index (χ1n) is 6.26. The molecule has 0 bridgehead atoms. The maximum atomic E-state index is 5.90. The van der Waals surface area contributed by atoms with Crippen LogP contribution in [0.1, 0.15) is 57.6 Å². The van der Waals surface area contributed by atoms with Gasteiger partial charge in [0.2, 0.25) is 0 Å². The first-order chi connectivity index (χ1) is 7.77. The molecule has 1 aliphatic rings. The average molecular weight is 242 g/mol. The van der Waals surface area contributed by atoms with Gasteiger partial charge in [-0.25, -0.2) is 0 Å². The minimum Gasteiger partial charge on any atom is -0.314 e. The number of aromatic nitrogens is 3. The quantitative estimate of drug-likeness (QED) is 0.758. The Morgan fingerprint density at radius 3 is 2.44 bits per heavy atom. The molecule has 0 spiro atoms. The normalized spacial score (nSPS) is 19.2. The van der Waals surface area contributed by atoms with E-state index in [4.69, 9.17) is 11.6 Å². The molecule has 1 aliphatic carbocycles. The largest absolute Gasteiger partial charge is 0.314 e. The lowest BCUT2D eigenvalue weighted by Crippen LogP contribution is -2.26. The fraction of sp³-hybridized carbons (Fsp3) is 0.833. The Balaban J connectivity index is 2.41. The van der Waals surface area contributed by atoms with E-state index in [0.717, 1.165) is 18.8 Å². The Labute approximate surface area is 102 Å². The van der Waals surface area contributed by atoms with Crippen molar-refractivity contribution in [3.05, 3.63) is 11.6 Å². The van der Waals surface area contributed by atoms with Crippen LogP contribution in [0.2, 0.25) is 0 Å². The van der Waals surface area contributed by atoms with Gasteiger partial charge in [-0.2, -0.15) is 0 Å². The van der Waals surface area contributed by atoms with Crippen LogP contribution < -0.4 is 0 Å². The molecule has 0 amide bonds. The van der Waals surface area contributed by atoms with Crippen molar-refractivity contribution in [2.75, 3.05) is 0 Å². The Bertz CT molecular complexity index is 353. The predicted octanol–water partition coefficient (Wildman–Crippen LogP) is 3.26. The van der Waals surface area contributed by atoms with Crippen LogP contribution in [-0.4, -0.2) is 14.8 Å². The van der Waals surface area contributed by atoms with Gasteiger partial charge in [0.15, 0.2) is 0 Å². The number of halogens is 1. The molecule has 1 aromatic rings. The van der Waals surface area contributed by atoms with E-state index in [1.165, 1.54) is 31.5 Å². The lowest BCUT2D eigenvalue weighted by atomic mass is 9.82. The van der Waals surface area contributed by atoms with Crippen LogP contribution >= 0.6 is 11.6 Å². The Morgan fingerprint density at radius 2 is 1.94 bits per heavy atom. The van der Waals surface area contributed by atoms with E-state index in [-0.39, 0.29) is 5.41 Å². The highest BCUT2D eigenvalue weighted by atomic mass is 35.5. The van der Waals surface area contributed by atoms with Crippen molar-refractivity contribution in [1.82, 2.24) is 14.8 Å². The monoisotopic (exact) mass is 241 g/mol. The zero-order valence-electron chi connectivity index (χ0n) is 10.2. The van der Waals surface area contributed by atoms with Crippen LogP contribution in [0.3, 0.4) is 0 Å². The molecule has 1 aromatic heterocycles. The molecule has 1 fully saturated rings. The Kier molecular flexibility index (Phi) is 3.53. The fourth-order valence-electron chi connectivity index (χ4n) is 2.95. The number of hydrogen-bond acceptors (Lipinski definition) is 2. The lowest BCUT2D eigenvalue weighted by molar-refractivity contribution is 0.379. The molecule has 0 atom stereocenters. The summed E-state index contributed by atoms with van der Waals surface area (Å²) in [7, 11) is 0. The van der Waals surface area contributed by atoms with Crippen molar-refractivity contribution in [3.63, 3.8) is 0 Å². The van der Waals surface area contributed by atoms with E-state index in [2.05, 4.69) is 28.6 Å². The second-order valence-electron chi connectivity index (χ2n) is 4.66. The van der Waals surface area contributed by atoms with Crippen molar-refractivity contribution in [1.29, 1.82) is 0 Å². The van der Waals surface area contributed by atoms with Gasteiger partial charge in [-0.05, 0) is 26.2 Å². The summed E-state index contributed by atoms with van der Waals surface area (Å²) in [5.74, 6) is 2.55. The highest BCUT2D eigenvalue weighted by Gasteiger charge is 2.38. The van der Waals surface area contributed by atoms with E-state index in [1.54, 1.807) is 0 Å². The van der Waals surface area contributed by atoms with Crippen LogP contribution in [0.4, 0.5) is 0 Å². The standard InChI is InChI=1S/C12H20ClN3/c1-3-12(7-5-6-8-12)11-15-14-10(9-13)16(11)4-2/h3-9H2,1-2H3. The van der Waals surface area contributed by atoms with Crippen molar-refractivity contribution in [3.8, 4) is 0 Å². The Morgan fingerprint density at radius 1 is 1.25 bits per heavy atom. The minimum atomic E-state index is 0.271. The second kappa shape index (κ2) is 4.74. The molecule has 90 valence electrons. The zero-order valence-corrected chi connectivity index (χ0v) is 10.9. The summed E-state index contributed by atoms with van der Waals surface area (Å²) < 4.78 is 2.21. The summed E-state index contributed by atoms with van der Waals surface area (Å²) in [5.41, 5.74) is 0.271. The van der Waals surface area contributed by atoms with Gasteiger partial charge in [0.05, 0.1) is 5.88 Å². The maximum absolute atomic E-state index is 5.90. The van der Waals surface area contributed by atoms with E-state index in [9.17, 15) is 0 Å². The molecule has 0 radical (unpaired) electrons. The van der Waals surface area contributed by atoms with E-state index in [1.807, 2.05) is 0 Å². The Hall–Kier alpha value is -0.570. The number of hydrogen-bond donors (Lipinski definition) is 0. The van der Waals surface area contributed by atoms with Gasteiger partial charge in [-0.3, -0.25) is 0 Å². The molecular weight excluding hydrogens is 222 g/mol. The number of alkyl halides is 1. The van der Waals surface area contributed by atoms with Crippen LogP contribution in [-0.2, 0) is 17.8 Å². The molecule has 1 saturated carbocycles. The number of rotatable bonds is 4. The molecule has 0 aliphatic heterocycles. The summed E-state index contributed by atoms with van der Waals surface area (Å²) in [6.45, 7) is 5.33. The van der Waals surface area contributed by atoms with Gasteiger partial charge in [0, 0.05) is 12.0 Å². The van der Waals surface area contributed by atoms with Crippen molar-refractivity contribution >= 4 is 11.6 Å². The van der Waals surface area contributed by atoms with Crippen LogP contribution in [0.5, 0.6) is 0 Å². The summed E-state index contributed by atoms with van der Waals surface area (Å²) in [5, 5.41) is 8.64. The topological polar surface area (TPSA) is 30.7 Å². The molecule has 0 unspecified atom stereocenters.